The van der Waals surface area contributed by atoms with Gasteiger partial charge in [-0.25, -0.2) is 0 Å². The van der Waals surface area contributed by atoms with Gasteiger partial charge in [0.1, 0.15) is 6.04 Å². The summed E-state index contributed by atoms with van der Waals surface area (Å²) in [5, 5.41) is 12.7. The van der Waals surface area contributed by atoms with Crippen molar-refractivity contribution in [1.29, 1.82) is 0 Å². The van der Waals surface area contributed by atoms with E-state index in [1.807, 2.05) is 13.8 Å². The Balaban J connectivity index is 4.02. The molecule has 2 atom stereocenters. The lowest BCUT2D eigenvalue weighted by atomic mass is 10.0. The molecule has 0 bridgehead atoms. The summed E-state index contributed by atoms with van der Waals surface area (Å²) in [6.07, 6.45) is 1.31. The average molecular weight is 203 g/mol. The molecule has 0 spiro atoms. The number of methoxy groups -OCH3 is 1. The molecule has 0 aliphatic carbocycles. The van der Waals surface area contributed by atoms with Gasteiger partial charge in [0.2, 0.25) is 0 Å². The van der Waals surface area contributed by atoms with Gasteiger partial charge in [0, 0.05) is 6.54 Å². The molecule has 2 N–H and O–H groups in total. The second-order valence-corrected chi connectivity index (χ2v) is 3.72. The van der Waals surface area contributed by atoms with Crippen molar-refractivity contribution in [2.45, 2.75) is 45.3 Å². The van der Waals surface area contributed by atoms with Gasteiger partial charge in [0.05, 0.1) is 12.7 Å². The van der Waals surface area contributed by atoms with Gasteiger partial charge >= 0.3 is 5.97 Å². The van der Waals surface area contributed by atoms with Crippen LogP contribution in [0.15, 0.2) is 0 Å². The quantitative estimate of drug-likeness (QED) is 0.624. The third-order valence-electron chi connectivity index (χ3n) is 2.38. The molecule has 84 valence electrons. The molecule has 0 aromatic heterocycles. The van der Waals surface area contributed by atoms with Crippen LogP contribution in [0.4, 0.5) is 0 Å². The van der Waals surface area contributed by atoms with E-state index in [9.17, 15) is 9.90 Å². The Morgan fingerprint density at radius 1 is 1.57 bits per heavy atom. The molecule has 4 heteroatoms. The van der Waals surface area contributed by atoms with Crippen molar-refractivity contribution in [1.82, 2.24) is 5.32 Å². The Kier molecular flexibility index (Phi) is 5.72. The van der Waals surface area contributed by atoms with Gasteiger partial charge in [0.25, 0.3) is 0 Å². The van der Waals surface area contributed by atoms with Gasteiger partial charge in [-0.2, -0.15) is 0 Å². The zero-order valence-corrected chi connectivity index (χ0v) is 9.46. The van der Waals surface area contributed by atoms with Gasteiger partial charge in [-0.1, -0.05) is 13.8 Å². The molecular formula is C10H21NO3. The molecule has 0 saturated carbocycles. The summed E-state index contributed by atoms with van der Waals surface area (Å²) in [6, 6.07) is -0.321. The van der Waals surface area contributed by atoms with Gasteiger partial charge in [-0.15, -0.1) is 0 Å². The average Bonchev–Trinajstić information content (AvgIpc) is 2.18. The summed E-state index contributed by atoms with van der Waals surface area (Å²) >= 11 is 0. The summed E-state index contributed by atoms with van der Waals surface area (Å²) in [7, 11) is 1.37. The lowest BCUT2D eigenvalue weighted by molar-refractivity contribution is -0.143. The highest BCUT2D eigenvalue weighted by Gasteiger charge is 2.22. The fraction of sp³-hybridized carbons (Fsp3) is 0.900. The number of carbonyl (C=O) groups excluding carboxylic acids is 1. The van der Waals surface area contributed by atoms with Crippen molar-refractivity contribution in [3.05, 3.63) is 0 Å². The largest absolute Gasteiger partial charge is 0.468 e. The highest BCUT2D eigenvalue weighted by Crippen LogP contribution is 2.07. The number of aliphatic hydroxyl groups is 1. The number of esters is 1. The molecule has 14 heavy (non-hydrogen) atoms. The first-order valence-electron chi connectivity index (χ1n) is 5.00. The van der Waals surface area contributed by atoms with E-state index >= 15 is 0 Å². The summed E-state index contributed by atoms with van der Waals surface area (Å²) in [4.78, 5) is 11.2. The summed E-state index contributed by atoms with van der Waals surface area (Å²) in [5.74, 6) is -0.278. The Morgan fingerprint density at radius 2 is 2.14 bits per heavy atom. The van der Waals surface area contributed by atoms with Crippen LogP contribution in [0, 0.1) is 0 Å². The Labute approximate surface area is 85.6 Å². The van der Waals surface area contributed by atoms with Crippen molar-refractivity contribution in [2.75, 3.05) is 13.7 Å². The number of rotatable bonds is 6. The van der Waals surface area contributed by atoms with Gasteiger partial charge in [0.15, 0.2) is 0 Å². The minimum atomic E-state index is -0.762. The SMILES string of the molecule is CCC(NCC(C)(O)CC)C(=O)OC. The molecule has 0 rings (SSSR count). The first kappa shape index (κ1) is 13.4. The van der Waals surface area contributed by atoms with Crippen LogP contribution in [0.3, 0.4) is 0 Å². The highest BCUT2D eigenvalue weighted by molar-refractivity contribution is 5.75. The molecular weight excluding hydrogens is 182 g/mol. The number of hydrogen-bond donors (Lipinski definition) is 2. The maximum absolute atomic E-state index is 11.2. The molecule has 4 nitrogen and oxygen atoms in total. The molecule has 0 fully saturated rings. The van der Waals surface area contributed by atoms with Gasteiger partial charge in [-0.3, -0.25) is 4.79 Å². The van der Waals surface area contributed by atoms with Crippen LogP contribution < -0.4 is 5.32 Å². The molecule has 0 aliphatic rings. The lowest BCUT2D eigenvalue weighted by Gasteiger charge is -2.24. The first-order chi connectivity index (χ1) is 6.46. The molecule has 0 saturated heterocycles. The van der Waals surface area contributed by atoms with E-state index in [4.69, 9.17) is 0 Å². The van der Waals surface area contributed by atoms with Crippen molar-refractivity contribution in [2.24, 2.45) is 0 Å². The van der Waals surface area contributed by atoms with Crippen LogP contribution >= 0.6 is 0 Å². The number of carbonyl (C=O) groups is 1. The Bertz CT molecular complexity index is 180. The van der Waals surface area contributed by atoms with Crippen molar-refractivity contribution < 1.29 is 14.6 Å². The van der Waals surface area contributed by atoms with Crippen LogP contribution in [-0.4, -0.2) is 36.4 Å². The van der Waals surface area contributed by atoms with E-state index in [1.165, 1.54) is 7.11 Å². The summed E-state index contributed by atoms with van der Waals surface area (Å²) in [5.41, 5.74) is -0.762. The maximum Gasteiger partial charge on any atom is 0.322 e. The fourth-order valence-electron chi connectivity index (χ4n) is 1.00. The zero-order valence-electron chi connectivity index (χ0n) is 9.46. The molecule has 0 aromatic rings. The predicted octanol–water partition coefficient (Wildman–Crippen LogP) is 0.689. The molecule has 0 aromatic carbocycles. The molecule has 0 heterocycles. The van der Waals surface area contributed by atoms with Crippen molar-refractivity contribution in [3.8, 4) is 0 Å². The van der Waals surface area contributed by atoms with Crippen molar-refractivity contribution in [3.63, 3.8) is 0 Å². The molecule has 2 unspecified atom stereocenters. The van der Waals surface area contributed by atoms with Gasteiger partial charge in [-0.05, 0) is 19.8 Å². The van der Waals surface area contributed by atoms with E-state index in [2.05, 4.69) is 10.1 Å². The minimum Gasteiger partial charge on any atom is -0.468 e. The minimum absolute atomic E-state index is 0.278. The second-order valence-electron chi connectivity index (χ2n) is 3.72. The fourth-order valence-corrected chi connectivity index (χ4v) is 1.00. The molecule has 0 aliphatic heterocycles. The van der Waals surface area contributed by atoms with Crippen LogP contribution in [0.2, 0.25) is 0 Å². The first-order valence-corrected chi connectivity index (χ1v) is 5.00. The summed E-state index contributed by atoms with van der Waals surface area (Å²) in [6.45, 7) is 5.94. The lowest BCUT2D eigenvalue weighted by Crippen LogP contribution is -2.45. The van der Waals surface area contributed by atoms with Crippen LogP contribution in [-0.2, 0) is 9.53 Å². The third-order valence-corrected chi connectivity index (χ3v) is 2.38. The van der Waals surface area contributed by atoms with E-state index < -0.39 is 5.60 Å². The second kappa shape index (κ2) is 5.98. The van der Waals surface area contributed by atoms with E-state index in [-0.39, 0.29) is 12.0 Å². The van der Waals surface area contributed by atoms with Crippen LogP contribution in [0.25, 0.3) is 0 Å². The van der Waals surface area contributed by atoms with E-state index in [0.717, 1.165) is 0 Å². The number of nitrogens with one attached hydrogen (secondary N) is 1. The smallest absolute Gasteiger partial charge is 0.322 e. The molecule has 0 radical (unpaired) electrons. The topological polar surface area (TPSA) is 58.6 Å². The van der Waals surface area contributed by atoms with E-state index in [1.54, 1.807) is 6.92 Å². The van der Waals surface area contributed by atoms with E-state index in [0.29, 0.717) is 19.4 Å². The van der Waals surface area contributed by atoms with Crippen molar-refractivity contribution >= 4 is 5.97 Å². The normalized spacial score (nSPS) is 17.2. The maximum atomic E-state index is 11.2. The standard InChI is InChI=1S/C10H21NO3/c1-5-8(9(12)14-4)11-7-10(3,13)6-2/h8,11,13H,5-7H2,1-4H3. The van der Waals surface area contributed by atoms with Crippen LogP contribution in [0.5, 0.6) is 0 Å². The monoisotopic (exact) mass is 203 g/mol. The van der Waals surface area contributed by atoms with Gasteiger partial charge < -0.3 is 15.2 Å². The highest BCUT2D eigenvalue weighted by atomic mass is 16.5. The summed E-state index contributed by atoms with van der Waals surface area (Å²) < 4.78 is 4.62. The predicted molar refractivity (Wildman–Crippen MR) is 55.0 cm³/mol. The Hall–Kier alpha value is -0.610. The number of ether oxygens (including phenoxy) is 1. The molecule has 0 amide bonds. The Morgan fingerprint density at radius 3 is 2.50 bits per heavy atom. The third kappa shape index (κ3) is 4.58. The number of hydrogen-bond acceptors (Lipinski definition) is 4. The zero-order chi connectivity index (χ0) is 11.2. The van der Waals surface area contributed by atoms with Crippen LogP contribution in [0.1, 0.15) is 33.6 Å².